The highest BCUT2D eigenvalue weighted by Gasteiger charge is 2.39. The second-order valence-electron chi connectivity index (χ2n) is 8.36. The molecule has 0 aliphatic heterocycles. The molecule has 0 radical (unpaired) electrons. The molecule has 0 aromatic rings. The molecule has 0 saturated heterocycles. The van der Waals surface area contributed by atoms with Gasteiger partial charge in [-0.25, -0.2) is 0 Å². The first-order valence-corrected chi connectivity index (χ1v) is 11.1. The van der Waals surface area contributed by atoms with Crippen LogP contribution >= 0.6 is 0 Å². The van der Waals surface area contributed by atoms with Gasteiger partial charge in [0.2, 0.25) is 0 Å². The molecule has 1 fully saturated rings. The zero-order chi connectivity index (χ0) is 20.9. The Balaban J connectivity index is 2.33. The van der Waals surface area contributed by atoms with Gasteiger partial charge in [-0.2, -0.15) is 0 Å². The predicted octanol–water partition coefficient (Wildman–Crippen LogP) is 4.34. The van der Waals surface area contributed by atoms with Crippen LogP contribution in [0.2, 0.25) is 0 Å². The van der Waals surface area contributed by atoms with Crippen LogP contribution in [0.3, 0.4) is 0 Å². The van der Waals surface area contributed by atoms with Crippen molar-refractivity contribution in [2.75, 3.05) is 0 Å². The molecule has 2 N–H and O–H groups in total. The van der Waals surface area contributed by atoms with Crippen LogP contribution in [-0.2, 0) is 14.3 Å². The summed E-state index contributed by atoms with van der Waals surface area (Å²) in [6.07, 6.45) is 11.4. The third-order valence-electron chi connectivity index (χ3n) is 5.40. The maximum absolute atomic E-state index is 12.2. The van der Waals surface area contributed by atoms with Crippen molar-refractivity contribution in [1.82, 2.24) is 0 Å². The van der Waals surface area contributed by atoms with E-state index in [9.17, 15) is 19.8 Å². The number of esters is 1. The average Bonchev–Trinajstić information content (AvgIpc) is 2.88. The molecule has 162 valence electrons. The Kier molecular flexibility index (Phi) is 12.3. The number of hydrogen-bond acceptors (Lipinski definition) is 5. The fraction of sp³-hybridized carbons (Fsp3) is 0.826. The number of hydrogen-bond donors (Lipinski definition) is 2. The number of rotatable bonds is 14. The van der Waals surface area contributed by atoms with Gasteiger partial charge in [0, 0.05) is 24.7 Å². The quantitative estimate of drug-likeness (QED) is 0.259. The van der Waals surface area contributed by atoms with E-state index in [0.29, 0.717) is 6.42 Å². The molecule has 4 atom stereocenters. The predicted molar refractivity (Wildman–Crippen MR) is 111 cm³/mol. The number of ketones is 1. The Morgan fingerprint density at radius 1 is 1.18 bits per heavy atom. The molecule has 4 unspecified atom stereocenters. The molecule has 0 aromatic carbocycles. The fourth-order valence-electron chi connectivity index (χ4n) is 3.86. The van der Waals surface area contributed by atoms with Crippen LogP contribution in [-0.4, -0.2) is 40.3 Å². The summed E-state index contributed by atoms with van der Waals surface area (Å²) in [7, 11) is 0. The van der Waals surface area contributed by atoms with Gasteiger partial charge in [0.15, 0.2) is 0 Å². The molecule has 0 spiro atoms. The van der Waals surface area contributed by atoms with E-state index >= 15 is 0 Å². The highest BCUT2D eigenvalue weighted by molar-refractivity contribution is 5.84. The minimum absolute atomic E-state index is 0.0672. The Morgan fingerprint density at radius 2 is 1.89 bits per heavy atom. The molecule has 1 rings (SSSR count). The molecule has 1 aliphatic carbocycles. The molecule has 5 heteroatoms. The van der Waals surface area contributed by atoms with E-state index in [2.05, 4.69) is 6.92 Å². The van der Waals surface area contributed by atoms with Gasteiger partial charge in [-0.1, -0.05) is 57.6 Å². The van der Waals surface area contributed by atoms with Crippen molar-refractivity contribution >= 4 is 11.8 Å². The highest BCUT2D eigenvalue weighted by atomic mass is 16.5. The Hall–Kier alpha value is -1.20. The molecular weight excluding hydrogens is 356 g/mol. The van der Waals surface area contributed by atoms with Crippen molar-refractivity contribution in [2.24, 2.45) is 11.8 Å². The standard InChI is InChI=1S/C23H40O5/c1-4-5-8-11-18(24)14-15-20-19(21(25)16-22(20)26)12-9-6-7-10-13-23(27)28-17(2)3/h14-15,17-20,22,24,26H,4-13,16H2,1-3H3/b15-14+. The lowest BCUT2D eigenvalue weighted by Crippen LogP contribution is -2.19. The van der Waals surface area contributed by atoms with E-state index in [1.54, 1.807) is 6.08 Å². The van der Waals surface area contributed by atoms with E-state index < -0.39 is 12.2 Å². The van der Waals surface area contributed by atoms with Crippen LogP contribution in [0.25, 0.3) is 0 Å². The maximum atomic E-state index is 12.2. The fourth-order valence-corrected chi connectivity index (χ4v) is 3.86. The van der Waals surface area contributed by atoms with E-state index in [1.807, 2.05) is 19.9 Å². The van der Waals surface area contributed by atoms with Crippen LogP contribution in [0.1, 0.15) is 91.4 Å². The first kappa shape index (κ1) is 24.8. The number of carbonyl (C=O) groups is 2. The van der Waals surface area contributed by atoms with Gasteiger partial charge in [-0.15, -0.1) is 0 Å². The topological polar surface area (TPSA) is 83.8 Å². The van der Waals surface area contributed by atoms with Crippen molar-refractivity contribution in [3.63, 3.8) is 0 Å². The first-order chi connectivity index (χ1) is 13.3. The summed E-state index contributed by atoms with van der Waals surface area (Å²) >= 11 is 0. The summed E-state index contributed by atoms with van der Waals surface area (Å²) in [5, 5.41) is 20.3. The van der Waals surface area contributed by atoms with Crippen LogP contribution in [0.4, 0.5) is 0 Å². The molecule has 0 aromatic heterocycles. The number of carbonyl (C=O) groups excluding carboxylic acids is 2. The molecule has 28 heavy (non-hydrogen) atoms. The van der Waals surface area contributed by atoms with E-state index in [1.165, 1.54) is 0 Å². The summed E-state index contributed by atoms with van der Waals surface area (Å²) in [6, 6.07) is 0. The first-order valence-electron chi connectivity index (χ1n) is 11.1. The van der Waals surface area contributed by atoms with Gasteiger partial charge in [0.05, 0.1) is 18.3 Å². The zero-order valence-electron chi connectivity index (χ0n) is 17.9. The third-order valence-corrected chi connectivity index (χ3v) is 5.40. The van der Waals surface area contributed by atoms with Gasteiger partial charge in [-0.05, 0) is 33.1 Å². The average molecular weight is 397 g/mol. The Morgan fingerprint density at radius 3 is 2.57 bits per heavy atom. The Labute approximate surface area is 170 Å². The second-order valence-corrected chi connectivity index (χ2v) is 8.36. The Bertz CT molecular complexity index is 485. The minimum atomic E-state index is -0.637. The SMILES string of the molecule is CCCCCC(O)/C=C/C1C(O)CC(=O)C1CCCCCCC(=O)OC(C)C. The lowest BCUT2D eigenvalue weighted by atomic mass is 9.88. The smallest absolute Gasteiger partial charge is 0.306 e. The van der Waals surface area contributed by atoms with Crippen LogP contribution in [0.15, 0.2) is 12.2 Å². The van der Waals surface area contributed by atoms with Gasteiger partial charge >= 0.3 is 5.97 Å². The number of aliphatic hydroxyl groups is 2. The number of ether oxygens (including phenoxy) is 1. The monoisotopic (exact) mass is 396 g/mol. The number of Topliss-reactive ketones (excluding diaryl/α,β-unsaturated/α-hetero) is 1. The molecule has 0 bridgehead atoms. The number of unbranched alkanes of at least 4 members (excludes halogenated alkanes) is 5. The van der Waals surface area contributed by atoms with Crippen LogP contribution in [0, 0.1) is 11.8 Å². The van der Waals surface area contributed by atoms with Crippen molar-refractivity contribution < 1.29 is 24.5 Å². The van der Waals surface area contributed by atoms with Gasteiger partial charge in [-0.3, -0.25) is 9.59 Å². The molecule has 0 amide bonds. The summed E-state index contributed by atoms with van der Waals surface area (Å²) in [6.45, 7) is 5.82. The highest BCUT2D eigenvalue weighted by Crippen LogP contribution is 2.34. The van der Waals surface area contributed by atoms with Crippen molar-refractivity contribution in [2.45, 2.75) is 110 Å². The summed E-state index contributed by atoms with van der Waals surface area (Å²) in [5.74, 6) is -0.357. The summed E-state index contributed by atoms with van der Waals surface area (Å²) in [5.41, 5.74) is 0. The van der Waals surface area contributed by atoms with E-state index in [-0.39, 0.29) is 36.1 Å². The van der Waals surface area contributed by atoms with Crippen LogP contribution < -0.4 is 0 Å². The lowest BCUT2D eigenvalue weighted by Gasteiger charge is -2.18. The maximum Gasteiger partial charge on any atom is 0.306 e. The molecular formula is C23H40O5. The minimum Gasteiger partial charge on any atom is -0.463 e. The largest absolute Gasteiger partial charge is 0.463 e. The van der Waals surface area contributed by atoms with Gasteiger partial charge in [0.1, 0.15) is 5.78 Å². The molecule has 1 saturated carbocycles. The number of aliphatic hydroxyl groups excluding tert-OH is 2. The normalized spacial score (nSPS) is 23.6. The zero-order valence-corrected chi connectivity index (χ0v) is 17.9. The van der Waals surface area contributed by atoms with Crippen LogP contribution in [0.5, 0.6) is 0 Å². The van der Waals surface area contributed by atoms with E-state index in [4.69, 9.17) is 4.74 Å². The van der Waals surface area contributed by atoms with E-state index in [0.717, 1.165) is 57.8 Å². The third kappa shape index (κ3) is 9.83. The summed E-state index contributed by atoms with van der Waals surface area (Å²) in [4.78, 5) is 23.7. The molecule has 0 heterocycles. The van der Waals surface area contributed by atoms with Gasteiger partial charge in [0.25, 0.3) is 0 Å². The van der Waals surface area contributed by atoms with Gasteiger partial charge < -0.3 is 14.9 Å². The van der Waals surface area contributed by atoms with Crippen molar-refractivity contribution in [3.05, 3.63) is 12.2 Å². The molecule has 1 aliphatic rings. The molecule has 5 nitrogen and oxygen atoms in total. The summed E-state index contributed by atoms with van der Waals surface area (Å²) < 4.78 is 5.12. The van der Waals surface area contributed by atoms with Crippen molar-refractivity contribution in [1.29, 1.82) is 0 Å². The second kappa shape index (κ2) is 13.9. The van der Waals surface area contributed by atoms with Crippen molar-refractivity contribution in [3.8, 4) is 0 Å². The lowest BCUT2D eigenvalue weighted by molar-refractivity contribution is -0.147.